The Balaban J connectivity index is 1.34. The largest absolute Gasteiger partial charge is 0.493 e. The molecule has 1 saturated heterocycles. The van der Waals surface area contributed by atoms with Gasteiger partial charge in [-0.1, -0.05) is 18.2 Å². The highest BCUT2D eigenvalue weighted by Gasteiger charge is 2.33. The number of ether oxygens (including phenoxy) is 1. The number of nitrogens with zero attached hydrogens (tertiary/aromatic N) is 6. The highest BCUT2D eigenvalue weighted by molar-refractivity contribution is 5.58. The fourth-order valence-electron chi connectivity index (χ4n) is 3.76. The number of alkyl halides is 3. The Morgan fingerprint density at radius 1 is 1.03 bits per heavy atom. The van der Waals surface area contributed by atoms with E-state index in [1.54, 1.807) is 12.3 Å². The molecule has 0 radical (unpaired) electrons. The van der Waals surface area contributed by atoms with E-state index in [-0.39, 0.29) is 0 Å². The van der Waals surface area contributed by atoms with Gasteiger partial charge in [0.2, 0.25) is 0 Å². The maximum absolute atomic E-state index is 13.1. The third kappa shape index (κ3) is 4.08. The number of aromatic nitrogens is 5. The van der Waals surface area contributed by atoms with Crippen molar-refractivity contribution in [2.75, 3.05) is 24.6 Å². The van der Waals surface area contributed by atoms with Crippen molar-refractivity contribution >= 4 is 11.5 Å². The van der Waals surface area contributed by atoms with Crippen LogP contribution in [0.5, 0.6) is 5.75 Å². The lowest BCUT2D eigenvalue weighted by molar-refractivity contribution is -0.141. The molecule has 0 aliphatic carbocycles. The van der Waals surface area contributed by atoms with Gasteiger partial charge in [0.15, 0.2) is 17.2 Å². The zero-order valence-corrected chi connectivity index (χ0v) is 16.9. The van der Waals surface area contributed by atoms with Crippen molar-refractivity contribution in [2.45, 2.75) is 12.6 Å². The average Bonchev–Trinajstić information content (AvgIpc) is 3.45. The third-order valence-electron chi connectivity index (χ3n) is 5.40. The zero-order valence-electron chi connectivity index (χ0n) is 16.9. The molecule has 5 rings (SSSR count). The molecule has 0 N–H and O–H groups in total. The molecule has 0 amide bonds. The molecule has 1 unspecified atom stereocenters. The lowest BCUT2D eigenvalue weighted by Crippen LogP contribution is -2.23. The van der Waals surface area contributed by atoms with Crippen LogP contribution >= 0.6 is 0 Å². The van der Waals surface area contributed by atoms with Crippen molar-refractivity contribution in [3.05, 3.63) is 66.9 Å². The van der Waals surface area contributed by atoms with Gasteiger partial charge >= 0.3 is 6.18 Å². The van der Waals surface area contributed by atoms with Gasteiger partial charge in [-0.2, -0.15) is 13.2 Å². The van der Waals surface area contributed by atoms with Crippen LogP contribution in [-0.4, -0.2) is 44.0 Å². The maximum atomic E-state index is 13.1. The van der Waals surface area contributed by atoms with Crippen LogP contribution in [0.15, 0.2) is 61.2 Å². The quantitative estimate of drug-likeness (QED) is 0.465. The molecule has 0 bridgehead atoms. The summed E-state index contributed by atoms with van der Waals surface area (Å²) in [5.41, 5.74) is -0.333. The van der Waals surface area contributed by atoms with E-state index in [1.807, 2.05) is 30.3 Å². The van der Waals surface area contributed by atoms with Gasteiger partial charge < -0.3 is 9.64 Å². The summed E-state index contributed by atoms with van der Waals surface area (Å²) in [7, 11) is 0. The number of hydrogen-bond acceptors (Lipinski definition) is 6. The highest BCUT2D eigenvalue weighted by atomic mass is 19.4. The molecule has 10 heteroatoms. The first-order valence-electron chi connectivity index (χ1n) is 10.1. The predicted octanol–water partition coefficient (Wildman–Crippen LogP) is 4.11. The van der Waals surface area contributed by atoms with Gasteiger partial charge in [-0.15, -0.1) is 0 Å². The molecule has 1 fully saturated rings. The third-order valence-corrected chi connectivity index (χ3v) is 5.40. The minimum Gasteiger partial charge on any atom is -0.493 e. The molecule has 7 nitrogen and oxygen atoms in total. The van der Waals surface area contributed by atoms with E-state index in [0.29, 0.717) is 29.7 Å². The van der Waals surface area contributed by atoms with Crippen molar-refractivity contribution < 1.29 is 17.9 Å². The number of halogens is 3. The second-order valence-corrected chi connectivity index (χ2v) is 7.61. The Hall–Kier alpha value is -3.69. The van der Waals surface area contributed by atoms with Gasteiger partial charge in [-0.05, 0) is 24.6 Å². The van der Waals surface area contributed by atoms with Gasteiger partial charge in [0.05, 0.1) is 19.0 Å². The summed E-state index contributed by atoms with van der Waals surface area (Å²) < 4.78 is 46.5. The number of para-hydroxylation sites is 1. The molecule has 3 aromatic heterocycles. The molecule has 32 heavy (non-hydrogen) atoms. The van der Waals surface area contributed by atoms with Crippen molar-refractivity contribution in [3.63, 3.8) is 0 Å². The molecule has 1 atom stereocenters. The first-order chi connectivity index (χ1) is 15.5. The second-order valence-electron chi connectivity index (χ2n) is 7.61. The Morgan fingerprint density at radius 2 is 1.88 bits per heavy atom. The maximum Gasteiger partial charge on any atom is 0.434 e. The summed E-state index contributed by atoms with van der Waals surface area (Å²) in [6.07, 6.45) is 1.48. The average molecular weight is 440 g/mol. The Bertz CT molecular complexity index is 1230. The van der Waals surface area contributed by atoms with Crippen LogP contribution in [0, 0.1) is 5.92 Å². The number of imidazole rings is 1. The Kier molecular flexibility index (Phi) is 5.12. The zero-order chi connectivity index (χ0) is 22.1. The van der Waals surface area contributed by atoms with Crippen LogP contribution in [0.2, 0.25) is 0 Å². The topological polar surface area (TPSA) is 68.4 Å². The fraction of sp³-hybridized carbons (Fsp3) is 0.273. The van der Waals surface area contributed by atoms with E-state index >= 15 is 0 Å². The number of benzene rings is 1. The lowest BCUT2D eigenvalue weighted by Gasteiger charge is -2.18. The molecular weight excluding hydrogens is 421 g/mol. The van der Waals surface area contributed by atoms with Gasteiger partial charge in [-0.25, -0.2) is 19.9 Å². The fourth-order valence-corrected chi connectivity index (χ4v) is 3.76. The highest BCUT2D eigenvalue weighted by Crippen LogP contribution is 2.29. The summed E-state index contributed by atoms with van der Waals surface area (Å²) in [6, 6.07) is 11.5. The summed E-state index contributed by atoms with van der Waals surface area (Å²) in [5.74, 6) is 2.22. The van der Waals surface area contributed by atoms with Crippen molar-refractivity contribution in [1.29, 1.82) is 0 Å². The lowest BCUT2D eigenvalue weighted by atomic mass is 10.1. The number of anilines is 1. The van der Waals surface area contributed by atoms with Crippen molar-refractivity contribution in [3.8, 4) is 17.3 Å². The Labute approximate surface area is 181 Å². The van der Waals surface area contributed by atoms with E-state index in [1.165, 1.54) is 10.6 Å². The predicted molar refractivity (Wildman–Crippen MR) is 111 cm³/mol. The molecule has 1 aromatic carbocycles. The first-order valence-corrected chi connectivity index (χ1v) is 10.1. The number of rotatable bonds is 5. The van der Waals surface area contributed by atoms with Crippen LogP contribution < -0.4 is 9.64 Å². The summed E-state index contributed by atoms with van der Waals surface area (Å²) >= 11 is 0. The van der Waals surface area contributed by atoms with Crippen LogP contribution in [0.1, 0.15) is 12.1 Å². The molecule has 1 aliphatic heterocycles. The molecule has 0 spiro atoms. The van der Waals surface area contributed by atoms with E-state index in [9.17, 15) is 13.2 Å². The van der Waals surface area contributed by atoms with Gasteiger partial charge in [0.25, 0.3) is 0 Å². The van der Waals surface area contributed by atoms with Crippen LogP contribution in [0.25, 0.3) is 17.2 Å². The molecule has 4 aromatic rings. The second kappa shape index (κ2) is 8.10. The van der Waals surface area contributed by atoms with Crippen LogP contribution in [-0.2, 0) is 6.18 Å². The summed E-state index contributed by atoms with van der Waals surface area (Å²) in [6.45, 7) is 2.20. The van der Waals surface area contributed by atoms with Gasteiger partial charge in [0, 0.05) is 31.4 Å². The van der Waals surface area contributed by atoms with E-state index in [4.69, 9.17) is 4.74 Å². The molecule has 4 heterocycles. The van der Waals surface area contributed by atoms with Gasteiger partial charge in [-0.3, -0.25) is 4.40 Å². The first kappa shape index (κ1) is 20.2. The van der Waals surface area contributed by atoms with E-state index in [0.717, 1.165) is 43.5 Å². The molecular formula is C22H19F3N6O. The van der Waals surface area contributed by atoms with Crippen molar-refractivity contribution in [2.24, 2.45) is 5.92 Å². The normalized spacial score (nSPS) is 16.6. The monoisotopic (exact) mass is 440 g/mol. The number of fused-ring (bicyclic) bond motifs is 1. The van der Waals surface area contributed by atoms with E-state index < -0.39 is 11.9 Å². The number of hydrogen-bond donors (Lipinski definition) is 0. The van der Waals surface area contributed by atoms with Crippen LogP contribution in [0.3, 0.4) is 0 Å². The molecule has 1 aliphatic rings. The van der Waals surface area contributed by atoms with E-state index in [2.05, 4.69) is 24.8 Å². The standard InChI is InChI=1S/C22H19F3N6O/c23-22(24,25)18-13-31-17(10-28-20(31)11-27-18)21-26-8-6-19(29-21)30-9-7-15(12-30)14-32-16-4-2-1-3-5-16/h1-6,8,10-11,13,15H,7,9,12,14H2. The molecule has 164 valence electrons. The SMILES string of the molecule is FC(F)(F)c1cn2c(-c3nccc(N4CCC(COc5ccccc5)C4)n3)cnc2cn1. The minimum absolute atomic E-state index is 0.293. The summed E-state index contributed by atoms with van der Waals surface area (Å²) in [4.78, 5) is 18.6. The van der Waals surface area contributed by atoms with Crippen molar-refractivity contribution in [1.82, 2.24) is 24.3 Å². The summed E-state index contributed by atoms with van der Waals surface area (Å²) in [5, 5.41) is 0. The minimum atomic E-state index is -4.55. The smallest absolute Gasteiger partial charge is 0.434 e. The molecule has 0 saturated carbocycles. The van der Waals surface area contributed by atoms with Crippen LogP contribution in [0.4, 0.5) is 19.0 Å². The Morgan fingerprint density at radius 3 is 2.69 bits per heavy atom. The van der Waals surface area contributed by atoms with Gasteiger partial charge in [0.1, 0.15) is 17.3 Å².